The van der Waals surface area contributed by atoms with Gasteiger partial charge in [0.15, 0.2) is 0 Å². The molecule has 2 aromatic heterocycles. The van der Waals surface area contributed by atoms with Gasteiger partial charge in [0.2, 0.25) is 0 Å². The van der Waals surface area contributed by atoms with Gasteiger partial charge in [0, 0.05) is 54.9 Å². The minimum atomic E-state index is -0.0470. The van der Waals surface area contributed by atoms with Crippen molar-refractivity contribution in [1.29, 1.82) is 0 Å². The van der Waals surface area contributed by atoms with Crippen LogP contribution in [0.1, 0.15) is 5.82 Å². The Morgan fingerprint density at radius 1 is 0.964 bits per heavy atom. The molecule has 5 rings (SSSR count). The van der Waals surface area contributed by atoms with Crippen LogP contribution in [0.2, 0.25) is 0 Å². The minimum Gasteiger partial charge on any atom is -0.368 e. The molecule has 0 unspecified atom stereocenters. The second-order valence-corrected chi connectivity index (χ2v) is 8.17. The third kappa shape index (κ3) is 3.30. The predicted molar refractivity (Wildman–Crippen MR) is 117 cm³/mol. The molecule has 1 aliphatic rings. The van der Waals surface area contributed by atoms with Gasteiger partial charge in [0.25, 0.3) is 5.56 Å². The van der Waals surface area contributed by atoms with Crippen LogP contribution in [0.15, 0.2) is 58.7 Å². The molecule has 0 amide bonds. The summed E-state index contributed by atoms with van der Waals surface area (Å²) in [5.74, 6) is 0.772. The van der Waals surface area contributed by atoms with E-state index < -0.39 is 0 Å². The van der Waals surface area contributed by atoms with E-state index in [4.69, 9.17) is 0 Å². The molecule has 0 saturated carbocycles. The number of rotatable bonds is 4. The molecule has 28 heavy (non-hydrogen) atoms. The number of piperazine rings is 1. The maximum Gasteiger partial charge on any atom is 0.258 e. The smallest absolute Gasteiger partial charge is 0.258 e. The molecular weight excluding hydrogens is 368 g/mol. The van der Waals surface area contributed by atoms with E-state index in [0.717, 1.165) is 50.5 Å². The highest BCUT2D eigenvalue weighted by Gasteiger charge is 2.19. The van der Waals surface area contributed by atoms with E-state index >= 15 is 0 Å². The molecule has 1 saturated heterocycles. The average Bonchev–Trinajstić information content (AvgIpc) is 3.22. The fourth-order valence-electron chi connectivity index (χ4n) is 3.98. The molecule has 0 bridgehead atoms. The molecule has 0 aliphatic carbocycles. The van der Waals surface area contributed by atoms with Gasteiger partial charge >= 0.3 is 0 Å². The molecule has 142 valence electrons. The van der Waals surface area contributed by atoms with Crippen LogP contribution in [0.5, 0.6) is 0 Å². The summed E-state index contributed by atoms with van der Waals surface area (Å²) in [6.07, 6.45) is 0.764. The second-order valence-electron chi connectivity index (χ2n) is 7.22. The lowest BCUT2D eigenvalue weighted by molar-refractivity contribution is 0.259. The van der Waals surface area contributed by atoms with E-state index in [2.05, 4.69) is 49.4 Å². The number of nitrogens with zero attached hydrogens (tertiary/aromatic N) is 3. The van der Waals surface area contributed by atoms with Crippen LogP contribution in [0.4, 0.5) is 5.69 Å². The van der Waals surface area contributed by atoms with Crippen molar-refractivity contribution >= 4 is 38.0 Å². The van der Waals surface area contributed by atoms with Crippen molar-refractivity contribution < 1.29 is 0 Å². The van der Waals surface area contributed by atoms with E-state index in [1.165, 1.54) is 15.8 Å². The monoisotopic (exact) mass is 390 g/mol. The summed E-state index contributed by atoms with van der Waals surface area (Å²) in [7, 11) is 0. The summed E-state index contributed by atoms with van der Waals surface area (Å²) in [6.45, 7) is 5.02. The van der Waals surface area contributed by atoms with Gasteiger partial charge in [-0.05, 0) is 35.7 Å². The van der Waals surface area contributed by atoms with Gasteiger partial charge in [0.05, 0.1) is 10.9 Å². The van der Waals surface area contributed by atoms with E-state index in [1.54, 1.807) is 11.3 Å². The Morgan fingerprint density at radius 3 is 2.71 bits per heavy atom. The molecule has 1 N–H and O–H groups in total. The van der Waals surface area contributed by atoms with E-state index in [9.17, 15) is 4.79 Å². The summed E-state index contributed by atoms with van der Waals surface area (Å²) in [4.78, 5) is 24.7. The van der Waals surface area contributed by atoms with Crippen LogP contribution in [-0.2, 0) is 6.42 Å². The number of nitrogens with one attached hydrogen (secondary N) is 1. The van der Waals surface area contributed by atoms with Crippen LogP contribution in [0.25, 0.3) is 21.0 Å². The van der Waals surface area contributed by atoms with Crippen molar-refractivity contribution in [2.45, 2.75) is 6.42 Å². The summed E-state index contributed by atoms with van der Waals surface area (Å²) >= 11 is 1.80. The van der Waals surface area contributed by atoms with Crippen molar-refractivity contribution in [3.63, 3.8) is 0 Å². The summed E-state index contributed by atoms with van der Waals surface area (Å²) < 4.78 is 1.35. The maximum absolute atomic E-state index is 12.2. The zero-order valence-corrected chi connectivity index (χ0v) is 16.4. The predicted octanol–water partition coefficient (Wildman–Crippen LogP) is 3.50. The molecular formula is C22H22N4OS. The van der Waals surface area contributed by atoms with Crippen LogP contribution in [-0.4, -0.2) is 47.6 Å². The Balaban J connectivity index is 1.23. The van der Waals surface area contributed by atoms with Crippen molar-refractivity contribution in [3.05, 3.63) is 70.1 Å². The number of hydrogen-bond acceptors (Lipinski definition) is 5. The van der Waals surface area contributed by atoms with Crippen molar-refractivity contribution in [2.24, 2.45) is 0 Å². The van der Waals surface area contributed by atoms with E-state index in [1.807, 2.05) is 24.3 Å². The number of anilines is 1. The molecule has 6 heteroatoms. The first-order valence-corrected chi connectivity index (χ1v) is 10.6. The van der Waals surface area contributed by atoms with Gasteiger partial charge in [-0.1, -0.05) is 18.2 Å². The number of hydrogen-bond donors (Lipinski definition) is 1. The van der Waals surface area contributed by atoms with Crippen molar-refractivity contribution in [3.8, 4) is 0 Å². The highest BCUT2D eigenvalue weighted by Crippen LogP contribution is 2.31. The fourth-order valence-corrected chi connectivity index (χ4v) is 4.79. The maximum atomic E-state index is 12.2. The van der Waals surface area contributed by atoms with E-state index in [-0.39, 0.29) is 5.56 Å². The standard InChI is InChI=1S/C22H22N4OS/c27-22-16-4-1-2-5-18(16)23-21(24-22)8-10-25-11-13-26(14-12-25)19-6-3-7-20-17(19)9-15-28-20/h1-7,9,15H,8,10-14H2,(H,23,24,27). The van der Waals surface area contributed by atoms with Crippen LogP contribution < -0.4 is 10.5 Å². The number of aromatic amines is 1. The molecule has 0 spiro atoms. The summed E-state index contributed by atoms with van der Waals surface area (Å²) in [6, 6.07) is 16.3. The number of benzene rings is 2. The average molecular weight is 391 g/mol. The number of aromatic nitrogens is 2. The highest BCUT2D eigenvalue weighted by atomic mass is 32.1. The Hall–Kier alpha value is -2.70. The van der Waals surface area contributed by atoms with Gasteiger partial charge in [-0.3, -0.25) is 9.69 Å². The second kappa shape index (κ2) is 7.37. The van der Waals surface area contributed by atoms with Crippen molar-refractivity contribution in [2.75, 3.05) is 37.6 Å². The number of thiophene rings is 1. The Labute approximate surface area is 167 Å². The van der Waals surface area contributed by atoms with E-state index in [0.29, 0.717) is 5.39 Å². The van der Waals surface area contributed by atoms with Crippen LogP contribution in [0.3, 0.4) is 0 Å². The number of fused-ring (bicyclic) bond motifs is 2. The van der Waals surface area contributed by atoms with Gasteiger partial charge < -0.3 is 9.88 Å². The van der Waals surface area contributed by atoms with Gasteiger partial charge in [-0.15, -0.1) is 11.3 Å². The number of para-hydroxylation sites is 1. The minimum absolute atomic E-state index is 0.0470. The molecule has 0 radical (unpaired) electrons. The summed E-state index contributed by atoms with van der Waals surface area (Å²) in [5.41, 5.74) is 2.07. The van der Waals surface area contributed by atoms with Gasteiger partial charge in [-0.2, -0.15) is 0 Å². The summed E-state index contributed by atoms with van der Waals surface area (Å²) in [5, 5.41) is 4.18. The molecule has 1 aliphatic heterocycles. The normalized spacial score (nSPS) is 15.5. The Bertz CT molecular complexity index is 1170. The zero-order chi connectivity index (χ0) is 18.9. The molecule has 4 aromatic rings. The first-order valence-electron chi connectivity index (χ1n) is 9.69. The molecule has 0 atom stereocenters. The van der Waals surface area contributed by atoms with Crippen LogP contribution >= 0.6 is 11.3 Å². The SMILES string of the molecule is O=c1[nH]c(CCN2CCN(c3cccc4sccc34)CC2)nc2ccccc12. The van der Waals surface area contributed by atoms with Gasteiger partial charge in [0.1, 0.15) is 5.82 Å². The topological polar surface area (TPSA) is 52.2 Å². The molecule has 3 heterocycles. The Morgan fingerprint density at radius 2 is 1.82 bits per heavy atom. The molecule has 5 nitrogen and oxygen atoms in total. The van der Waals surface area contributed by atoms with Crippen LogP contribution in [0, 0.1) is 0 Å². The lowest BCUT2D eigenvalue weighted by Gasteiger charge is -2.36. The third-order valence-corrected chi connectivity index (χ3v) is 6.39. The molecule has 1 fully saturated rings. The fraction of sp³-hybridized carbons (Fsp3) is 0.273. The lowest BCUT2D eigenvalue weighted by Crippen LogP contribution is -2.47. The largest absolute Gasteiger partial charge is 0.368 e. The number of H-pyrrole nitrogens is 1. The third-order valence-electron chi connectivity index (χ3n) is 5.51. The first kappa shape index (κ1) is 17.4. The quantitative estimate of drug-likeness (QED) is 0.579. The Kier molecular flexibility index (Phi) is 4.58. The van der Waals surface area contributed by atoms with Gasteiger partial charge in [-0.25, -0.2) is 4.98 Å². The highest BCUT2D eigenvalue weighted by molar-refractivity contribution is 7.17. The molecule has 2 aromatic carbocycles. The van der Waals surface area contributed by atoms with Crippen molar-refractivity contribution in [1.82, 2.24) is 14.9 Å². The first-order chi connectivity index (χ1) is 13.8. The lowest BCUT2D eigenvalue weighted by atomic mass is 10.2. The zero-order valence-electron chi connectivity index (χ0n) is 15.6.